The lowest BCUT2D eigenvalue weighted by molar-refractivity contribution is -0.197. The maximum Gasteiger partial charge on any atom is 0.316 e. The van der Waals surface area contributed by atoms with Crippen molar-refractivity contribution in [1.82, 2.24) is 14.7 Å². The molecule has 4 fully saturated rings. The summed E-state index contributed by atoms with van der Waals surface area (Å²) in [5.74, 6) is 5.07. The number of carbonyl (C=O) groups is 3. The van der Waals surface area contributed by atoms with Gasteiger partial charge in [-0.25, -0.2) is 0 Å². The van der Waals surface area contributed by atoms with Gasteiger partial charge in [0.25, 0.3) is 0 Å². The predicted molar refractivity (Wildman–Crippen MR) is 325 cm³/mol. The van der Waals surface area contributed by atoms with Crippen LogP contribution in [0.2, 0.25) is 0 Å². The van der Waals surface area contributed by atoms with Crippen LogP contribution in [0.4, 0.5) is 0 Å². The molecule has 0 aromatic carbocycles. The van der Waals surface area contributed by atoms with Gasteiger partial charge < -0.3 is 24.2 Å². The van der Waals surface area contributed by atoms with Crippen LogP contribution in [0.15, 0.2) is 0 Å². The van der Waals surface area contributed by atoms with E-state index >= 15 is 0 Å². The fraction of sp³-hybridized carbons (Fsp3) is 0.919. The van der Waals surface area contributed by atoms with Gasteiger partial charge in [-0.1, -0.05) is 202 Å². The van der Waals surface area contributed by atoms with Gasteiger partial charge in [0, 0.05) is 51.1 Å². The smallest absolute Gasteiger partial charge is 0.316 e. The van der Waals surface area contributed by atoms with Crippen LogP contribution in [0, 0.1) is 70.0 Å². The first-order valence-electron chi connectivity index (χ1n) is 30.6. The molecule has 0 unspecified atom stereocenters. The Morgan fingerprint density at radius 3 is 1.57 bits per heavy atom. The summed E-state index contributed by atoms with van der Waals surface area (Å²) in [7, 11) is 0. The van der Waals surface area contributed by atoms with Crippen LogP contribution in [0.5, 0.6) is 0 Å². The summed E-state index contributed by atoms with van der Waals surface area (Å²) in [5, 5.41) is 0. The molecule has 4 aliphatic carbocycles. The van der Waals surface area contributed by atoms with Crippen molar-refractivity contribution >= 4 is 74.4 Å². The first-order valence-corrected chi connectivity index (χ1v) is 33.4. The van der Waals surface area contributed by atoms with E-state index in [9.17, 15) is 14.4 Å². The van der Waals surface area contributed by atoms with Crippen LogP contribution in [-0.2, 0) is 23.9 Å². The van der Waals surface area contributed by atoms with E-state index in [1.165, 1.54) is 94.2 Å². The minimum absolute atomic E-state index is 0.0741. The van der Waals surface area contributed by atoms with Gasteiger partial charge in [0.05, 0.1) is 11.5 Å². The number of unbranched alkanes of at least 4 members (excludes halogenated alkanes) is 10. The molecule has 0 radical (unpaired) electrons. The summed E-state index contributed by atoms with van der Waals surface area (Å²) in [6, 6.07) is 0. The van der Waals surface area contributed by atoms with Gasteiger partial charge in [-0.15, -0.1) is 0 Å². The molecule has 0 saturated heterocycles. The second-order valence-corrected chi connectivity index (χ2v) is 29.5. The lowest BCUT2D eigenvalue weighted by Gasteiger charge is -2.62. The molecule has 74 heavy (non-hydrogen) atoms. The molecule has 0 aromatic rings. The quantitative estimate of drug-likeness (QED) is 0.0367. The average Bonchev–Trinajstić information content (AvgIpc) is 3.70. The molecule has 0 N–H and O–H groups in total. The summed E-state index contributed by atoms with van der Waals surface area (Å²) >= 11 is 14.8. The number of rotatable bonds is 32. The van der Waals surface area contributed by atoms with Gasteiger partial charge in [-0.05, 0) is 135 Å². The minimum Gasteiger partial charge on any atom is -0.462 e. The molecule has 0 aliphatic heterocycles. The van der Waals surface area contributed by atoms with E-state index in [1.54, 1.807) is 0 Å². The predicted octanol–water partition coefficient (Wildman–Crippen LogP) is 16.3. The Labute approximate surface area is 474 Å². The Bertz CT molecular complexity index is 1680. The number of ether oxygens (including phenoxy) is 2. The van der Waals surface area contributed by atoms with E-state index in [0.717, 1.165) is 112 Å². The Morgan fingerprint density at radius 1 is 0.581 bits per heavy atom. The zero-order valence-corrected chi connectivity index (χ0v) is 52.9. The number of hydrogen-bond donors (Lipinski definition) is 0. The first-order chi connectivity index (χ1) is 35.1. The van der Waals surface area contributed by atoms with Gasteiger partial charge in [0.1, 0.15) is 20.8 Å². The molecule has 0 spiro atoms. The maximum absolute atomic E-state index is 14.4. The number of thioether (sulfide) groups is 2. The Hall–Kier alpha value is -1.11. The summed E-state index contributed by atoms with van der Waals surface area (Å²) in [5.41, 5.74) is -0.0883. The molecule has 10 atom stereocenters. The van der Waals surface area contributed by atoms with Gasteiger partial charge in [0.15, 0.2) is 0 Å². The van der Waals surface area contributed by atoms with Crippen molar-refractivity contribution in [2.75, 3.05) is 50.8 Å². The van der Waals surface area contributed by atoms with Gasteiger partial charge >= 0.3 is 11.9 Å². The van der Waals surface area contributed by atoms with E-state index in [1.807, 2.05) is 0 Å². The van der Waals surface area contributed by atoms with E-state index in [0.29, 0.717) is 71.5 Å². The number of hydrogen-bond acceptors (Lipinski definition) is 9. The van der Waals surface area contributed by atoms with E-state index in [-0.39, 0.29) is 46.5 Å². The number of fused-ring (bicyclic) bond motifs is 5. The summed E-state index contributed by atoms with van der Waals surface area (Å²) in [6.45, 7) is 35.1. The van der Waals surface area contributed by atoms with Crippen molar-refractivity contribution < 1.29 is 23.9 Å². The van der Waals surface area contributed by atoms with Gasteiger partial charge in [0.2, 0.25) is 5.91 Å². The minimum atomic E-state index is -0.196. The fourth-order valence-electron chi connectivity index (χ4n) is 14.7. The zero-order valence-electron chi connectivity index (χ0n) is 49.7. The van der Waals surface area contributed by atoms with Crippen molar-refractivity contribution in [2.45, 2.75) is 243 Å². The highest BCUT2D eigenvalue weighted by atomic mass is 32.2. The normalized spacial score (nSPS) is 26.9. The lowest BCUT2D eigenvalue weighted by atomic mass is 9.43. The highest BCUT2D eigenvalue weighted by molar-refractivity contribution is 8.23. The highest BCUT2D eigenvalue weighted by Gasteiger charge is 2.65. The molecule has 1 amide bonds. The molecule has 4 rings (SSSR count). The third-order valence-corrected chi connectivity index (χ3v) is 21.2. The van der Waals surface area contributed by atoms with Crippen LogP contribution in [0.25, 0.3) is 0 Å². The molecular weight excluding hydrogens is 995 g/mol. The Morgan fingerprint density at radius 2 is 1.07 bits per heavy atom. The lowest BCUT2D eigenvalue weighted by Crippen LogP contribution is -2.59. The number of amides is 1. The molecule has 0 bridgehead atoms. The maximum atomic E-state index is 14.4. The number of thiocarbonyl (C=S) groups is 2. The van der Waals surface area contributed by atoms with E-state index in [4.69, 9.17) is 33.9 Å². The van der Waals surface area contributed by atoms with Crippen LogP contribution < -0.4 is 0 Å². The van der Waals surface area contributed by atoms with Gasteiger partial charge in [-0.2, -0.15) is 0 Å². The van der Waals surface area contributed by atoms with E-state index in [2.05, 4.69) is 105 Å². The summed E-state index contributed by atoms with van der Waals surface area (Å²) < 4.78 is 14.8. The van der Waals surface area contributed by atoms with Crippen LogP contribution in [0.1, 0.15) is 231 Å². The fourth-order valence-corrected chi connectivity index (χ4v) is 16.6. The molecule has 8 nitrogen and oxygen atoms in total. The Kier molecular flexibility index (Phi) is 29.0. The first kappa shape index (κ1) is 65.4. The van der Waals surface area contributed by atoms with Crippen LogP contribution in [-0.4, -0.2) is 104 Å². The molecule has 428 valence electrons. The Balaban J connectivity index is 1.50. The summed E-state index contributed by atoms with van der Waals surface area (Å²) in [4.78, 5) is 48.8. The zero-order chi connectivity index (χ0) is 54.6. The number of esters is 2. The standard InChI is InChI=1S/C62H111N3O5S4/c1-14-16-18-20-22-24-34-63(35-25-23-21-19-17-15-2)56(66)31-26-48(11)52-29-30-53-51-28-27-49-36-50(69-57(67)42-73-59(71)64(38-44(3)4)39-45(5)6)32-33-61(49,12)54(51)37-55(62(52,53)13)70-58(68)43-74-60(72)65(40-46(7)8)41-47(9)10/h44-55H,14-43H2,1-13H3/t48-,49-,50-,51+,52-,53+,54+,55+,61+,62-/m1/s1. The van der Waals surface area contributed by atoms with Crippen LogP contribution >= 0.6 is 48.0 Å². The average molecular weight is 1110 g/mol. The largest absolute Gasteiger partial charge is 0.462 e. The number of nitrogens with zero attached hydrogens (tertiary/aromatic N) is 3. The number of carbonyl (C=O) groups excluding carboxylic acids is 3. The molecule has 4 aliphatic rings. The highest BCUT2D eigenvalue weighted by Crippen LogP contribution is 2.69. The second kappa shape index (κ2) is 32.8. The molecule has 0 aromatic heterocycles. The van der Waals surface area contributed by atoms with E-state index < -0.39 is 0 Å². The molecule has 12 heteroatoms. The summed E-state index contributed by atoms with van der Waals surface area (Å²) in [6.07, 6.45) is 24.3. The van der Waals surface area contributed by atoms with Gasteiger partial charge in [-0.3, -0.25) is 14.4 Å². The molecule has 4 saturated carbocycles. The monoisotopic (exact) mass is 1110 g/mol. The van der Waals surface area contributed by atoms with Crippen molar-refractivity contribution in [3.8, 4) is 0 Å². The second-order valence-electron chi connectivity index (χ2n) is 26.2. The van der Waals surface area contributed by atoms with Crippen molar-refractivity contribution in [3.63, 3.8) is 0 Å². The van der Waals surface area contributed by atoms with Crippen molar-refractivity contribution in [1.29, 1.82) is 0 Å². The SMILES string of the molecule is CCCCCCCCN(CCCCCCCC)C(=O)CC[C@@H](C)[C@H]1CC[C@H]2[C@@H]3CC[C@@H]4C[C@H](OC(=O)CSC(=S)N(CC(C)C)CC(C)C)CC[C@]4(C)[C@H]3C[C@H](OC(=O)CSC(=S)N(CC(C)C)CC(C)C)[C@]12C. The topological polar surface area (TPSA) is 79.4 Å². The third kappa shape index (κ3) is 19.9. The van der Waals surface area contributed by atoms with Crippen molar-refractivity contribution in [2.24, 2.45) is 70.0 Å². The van der Waals surface area contributed by atoms with Crippen LogP contribution in [0.3, 0.4) is 0 Å². The molecular formula is C62H111N3O5S4. The van der Waals surface area contributed by atoms with Crippen molar-refractivity contribution in [3.05, 3.63) is 0 Å². The third-order valence-electron chi connectivity index (χ3n) is 18.2. The molecule has 0 heterocycles.